The van der Waals surface area contributed by atoms with Crippen LogP contribution in [0.25, 0.3) is 0 Å². The lowest BCUT2D eigenvalue weighted by Gasteiger charge is -2.34. The van der Waals surface area contributed by atoms with Gasteiger partial charge in [-0.2, -0.15) is 0 Å². The molecule has 0 atom stereocenters. The highest BCUT2D eigenvalue weighted by Crippen LogP contribution is 2.33. The zero-order chi connectivity index (χ0) is 14.9. The summed E-state index contributed by atoms with van der Waals surface area (Å²) in [7, 11) is 0. The normalized spacial score (nSPS) is 28.7. The summed E-state index contributed by atoms with van der Waals surface area (Å²) >= 11 is 0. The van der Waals surface area contributed by atoms with Gasteiger partial charge in [-0.05, 0) is 61.8 Å². The van der Waals surface area contributed by atoms with Gasteiger partial charge in [0.1, 0.15) is 12.4 Å². The molecule has 1 aromatic carbocycles. The number of ether oxygens (including phenoxy) is 1. The van der Waals surface area contributed by atoms with Crippen LogP contribution in [0.3, 0.4) is 0 Å². The largest absolute Gasteiger partial charge is 0.491 e. The standard InChI is InChI=1S/C17H23NO3/c1-12-6-8-17(20,9-7-12)11-21-14-3-4-15-13(10-14)2-5-16(19)18-15/h3-4,10,12,20H,2,5-9,11H2,1H3,(H,18,19). The van der Waals surface area contributed by atoms with Crippen molar-refractivity contribution < 1.29 is 14.6 Å². The molecule has 4 nitrogen and oxygen atoms in total. The van der Waals surface area contributed by atoms with Gasteiger partial charge in [-0.25, -0.2) is 0 Å². The van der Waals surface area contributed by atoms with Crippen LogP contribution in [0.2, 0.25) is 0 Å². The van der Waals surface area contributed by atoms with Crippen LogP contribution in [-0.4, -0.2) is 23.2 Å². The number of anilines is 1. The second-order valence-corrected chi connectivity index (χ2v) is 6.56. The minimum Gasteiger partial charge on any atom is -0.491 e. The third kappa shape index (κ3) is 3.38. The first-order chi connectivity index (χ1) is 10.0. The summed E-state index contributed by atoms with van der Waals surface area (Å²) in [4.78, 5) is 11.3. The third-order valence-electron chi connectivity index (χ3n) is 4.68. The lowest BCUT2D eigenvalue weighted by molar-refractivity contribution is -0.116. The average Bonchev–Trinajstić information content (AvgIpc) is 2.49. The molecule has 0 aromatic heterocycles. The predicted molar refractivity (Wildman–Crippen MR) is 81.5 cm³/mol. The molecule has 21 heavy (non-hydrogen) atoms. The lowest BCUT2D eigenvalue weighted by atomic mass is 9.80. The molecule has 1 heterocycles. The summed E-state index contributed by atoms with van der Waals surface area (Å²) in [5, 5.41) is 13.4. The van der Waals surface area contributed by atoms with Gasteiger partial charge in [-0.15, -0.1) is 0 Å². The Balaban J connectivity index is 1.62. The molecule has 1 amide bonds. The van der Waals surface area contributed by atoms with Crippen molar-refractivity contribution in [3.8, 4) is 5.75 Å². The Morgan fingerprint density at radius 2 is 2.10 bits per heavy atom. The van der Waals surface area contributed by atoms with Gasteiger partial charge in [0.2, 0.25) is 5.91 Å². The maximum absolute atomic E-state index is 11.3. The van der Waals surface area contributed by atoms with E-state index < -0.39 is 5.60 Å². The molecule has 0 unspecified atom stereocenters. The van der Waals surface area contributed by atoms with Crippen molar-refractivity contribution in [3.05, 3.63) is 23.8 Å². The van der Waals surface area contributed by atoms with Crippen LogP contribution < -0.4 is 10.1 Å². The second kappa shape index (κ2) is 5.68. The number of hydrogen-bond donors (Lipinski definition) is 2. The van der Waals surface area contributed by atoms with E-state index in [9.17, 15) is 9.90 Å². The fraction of sp³-hybridized carbons (Fsp3) is 0.588. The van der Waals surface area contributed by atoms with Gasteiger partial charge in [-0.1, -0.05) is 6.92 Å². The smallest absolute Gasteiger partial charge is 0.224 e. The average molecular weight is 289 g/mol. The summed E-state index contributed by atoms with van der Waals surface area (Å²) in [6.45, 7) is 2.59. The van der Waals surface area contributed by atoms with Gasteiger partial charge in [0.15, 0.2) is 0 Å². The zero-order valence-electron chi connectivity index (χ0n) is 12.5. The van der Waals surface area contributed by atoms with Crippen molar-refractivity contribution in [2.75, 3.05) is 11.9 Å². The first-order valence-electron chi connectivity index (χ1n) is 7.82. The molecule has 114 valence electrons. The Bertz CT molecular complexity index is 533. The molecular formula is C17H23NO3. The highest BCUT2D eigenvalue weighted by Gasteiger charge is 2.32. The summed E-state index contributed by atoms with van der Waals surface area (Å²) in [5.74, 6) is 1.55. The van der Waals surface area contributed by atoms with Crippen LogP contribution in [-0.2, 0) is 11.2 Å². The number of aliphatic hydroxyl groups is 1. The van der Waals surface area contributed by atoms with E-state index in [1.54, 1.807) is 0 Å². The highest BCUT2D eigenvalue weighted by atomic mass is 16.5. The van der Waals surface area contributed by atoms with E-state index >= 15 is 0 Å². The molecular weight excluding hydrogens is 266 g/mol. The summed E-state index contributed by atoms with van der Waals surface area (Å²) in [6.07, 6.45) is 5.04. The minimum absolute atomic E-state index is 0.0711. The van der Waals surface area contributed by atoms with Crippen LogP contribution in [0.5, 0.6) is 5.75 Å². The Kier molecular flexibility index (Phi) is 3.89. The number of carbonyl (C=O) groups excluding carboxylic acids is 1. The molecule has 1 saturated carbocycles. The molecule has 2 N–H and O–H groups in total. The lowest BCUT2D eigenvalue weighted by Crippen LogP contribution is -2.39. The van der Waals surface area contributed by atoms with Crippen molar-refractivity contribution in [3.63, 3.8) is 0 Å². The van der Waals surface area contributed by atoms with Gasteiger partial charge in [0, 0.05) is 12.1 Å². The Morgan fingerprint density at radius 3 is 2.86 bits per heavy atom. The van der Waals surface area contributed by atoms with Crippen LogP contribution in [0.1, 0.15) is 44.6 Å². The molecule has 0 bridgehead atoms. The zero-order valence-corrected chi connectivity index (χ0v) is 12.5. The number of nitrogens with one attached hydrogen (secondary N) is 1. The molecule has 0 radical (unpaired) electrons. The molecule has 0 saturated heterocycles. The van der Waals surface area contributed by atoms with E-state index in [0.717, 1.165) is 49.1 Å². The van der Waals surface area contributed by atoms with Crippen LogP contribution in [0.4, 0.5) is 5.69 Å². The first-order valence-corrected chi connectivity index (χ1v) is 7.82. The minimum atomic E-state index is -0.684. The number of hydrogen-bond acceptors (Lipinski definition) is 3. The maximum atomic E-state index is 11.3. The van der Waals surface area contributed by atoms with Gasteiger partial charge in [0.05, 0.1) is 5.60 Å². The van der Waals surface area contributed by atoms with Crippen LogP contribution in [0.15, 0.2) is 18.2 Å². The van der Waals surface area contributed by atoms with E-state index in [4.69, 9.17) is 4.74 Å². The van der Waals surface area contributed by atoms with Gasteiger partial charge < -0.3 is 15.2 Å². The molecule has 2 aliphatic rings. The number of carbonyl (C=O) groups is 1. The van der Waals surface area contributed by atoms with E-state index in [1.165, 1.54) is 0 Å². The summed E-state index contributed by atoms with van der Waals surface area (Å²) in [5.41, 5.74) is 1.30. The monoisotopic (exact) mass is 289 g/mol. The predicted octanol–water partition coefficient (Wildman–Crippen LogP) is 2.89. The molecule has 1 aliphatic carbocycles. The van der Waals surface area contributed by atoms with E-state index in [1.807, 2.05) is 18.2 Å². The van der Waals surface area contributed by atoms with Crippen molar-refractivity contribution in [1.82, 2.24) is 0 Å². The summed E-state index contributed by atoms with van der Waals surface area (Å²) < 4.78 is 5.81. The number of fused-ring (bicyclic) bond motifs is 1. The number of aryl methyl sites for hydroxylation is 1. The maximum Gasteiger partial charge on any atom is 0.224 e. The van der Waals surface area contributed by atoms with Crippen LogP contribution in [0, 0.1) is 5.92 Å². The molecule has 3 rings (SSSR count). The summed E-state index contributed by atoms with van der Waals surface area (Å²) in [6, 6.07) is 5.72. The van der Waals surface area contributed by atoms with E-state index in [0.29, 0.717) is 18.9 Å². The number of rotatable bonds is 3. The highest BCUT2D eigenvalue weighted by molar-refractivity contribution is 5.93. The Hall–Kier alpha value is -1.55. The van der Waals surface area contributed by atoms with Gasteiger partial charge in [-0.3, -0.25) is 4.79 Å². The third-order valence-corrected chi connectivity index (χ3v) is 4.68. The Labute approximate surface area is 125 Å². The van der Waals surface area contributed by atoms with Crippen molar-refractivity contribution in [1.29, 1.82) is 0 Å². The molecule has 1 fully saturated rings. The molecule has 1 aromatic rings. The van der Waals surface area contributed by atoms with Gasteiger partial charge in [0.25, 0.3) is 0 Å². The molecule has 0 spiro atoms. The molecule has 1 aliphatic heterocycles. The SMILES string of the molecule is CC1CCC(O)(COc2ccc3c(c2)CCC(=O)N3)CC1. The Morgan fingerprint density at radius 1 is 1.33 bits per heavy atom. The van der Waals surface area contributed by atoms with Crippen molar-refractivity contribution >= 4 is 11.6 Å². The number of amides is 1. The quantitative estimate of drug-likeness (QED) is 0.899. The van der Waals surface area contributed by atoms with Crippen molar-refractivity contribution in [2.24, 2.45) is 5.92 Å². The van der Waals surface area contributed by atoms with E-state index in [2.05, 4.69) is 12.2 Å². The van der Waals surface area contributed by atoms with E-state index in [-0.39, 0.29) is 5.91 Å². The van der Waals surface area contributed by atoms with Crippen LogP contribution >= 0.6 is 0 Å². The van der Waals surface area contributed by atoms with Crippen molar-refractivity contribution in [2.45, 2.75) is 51.0 Å². The second-order valence-electron chi connectivity index (χ2n) is 6.56. The fourth-order valence-electron chi connectivity index (χ4n) is 3.11. The van der Waals surface area contributed by atoms with Gasteiger partial charge >= 0.3 is 0 Å². The topological polar surface area (TPSA) is 58.6 Å². The number of benzene rings is 1. The first kappa shape index (κ1) is 14.4. The molecule has 4 heteroatoms. The fourth-order valence-corrected chi connectivity index (χ4v) is 3.11.